The first kappa shape index (κ1) is 20.5. The Morgan fingerprint density at radius 2 is 1.75 bits per heavy atom. The molecule has 0 saturated heterocycles. The Hall–Kier alpha value is -2.27. The number of halogens is 2. The van der Waals surface area contributed by atoms with Crippen LogP contribution in [0.25, 0.3) is 0 Å². The van der Waals surface area contributed by atoms with Crippen LogP contribution in [-0.4, -0.2) is 12.1 Å². The van der Waals surface area contributed by atoms with Crippen LogP contribution in [0.5, 0.6) is 11.5 Å². The van der Waals surface area contributed by atoms with Crippen LogP contribution in [0.4, 0.5) is 0 Å². The Morgan fingerprint density at radius 3 is 2.46 bits per heavy atom. The van der Waals surface area contributed by atoms with E-state index in [0.29, 0.717) is 28.2 Å². The van der Waals surface area contributed by atoms with Gasteiger partial charge in [0.15, 0.2) is 0 Å². The number of benzene rings is 3. The number of rotatable bonds is 7. The van der Waals surface area contributed by atoms with Gasteiger partial charge in [-0.3, -0.25) is 0 Å². The zero-order valence-corrected chi connectivity index (χ0v) is 17.6. The molecule has 28 heavy (non-hydrogen) atoms. The normalized spacial score (nSPS) is 10.4. The summed E-state index contributed by atoms with van der Waals surface area (Å²) in [7, 11) is 1.65. The molecule has 0 fully saturated rings. The van der Waals surface area contributed by atoms with Gasteiger partial charge < -0.3 is 14.8 Å². The molecule has 1 N–H and O–H groups in total. The minimum Gasteiger partial charge on any atom is -0.497 e. The lowest BCUT2D eigenvalue weighted by Gasteiger charge is -2.11. The SMILES string of the molecule is COc1cccc(CNC(=S)c2ccc(OCc3ccc(Cl)cc3Cl)cc2)c1. The van der Waals surface area contributed by atoms with Crippen LogP contribution in [0.15, 0.2) is 66.7 Å². The molecule has 144 valence electrons. The molecule has 0 aliphatic carbocycles. The maximum atomic E-state index is 6.17. The highest BCUT2D eigenvalue weighted by Gasteiger charge is 2.05. The van der Waals surface area contributed by atoms with Crippen molar-refractivity contribution in [2.24, 2.45) is 0 Å². The van der Waals surface area contributed by atoms with E-state index in [2.05, 4.69) is 5.32 Å². The predicted molar refractivity (Wildman–Crippen MR) is 119 cm³/mol. The van der Waals surface area contributed by atoms with Crippen molar-refractivity contribution in [1.82, 2.24) is 5.32 Å². The van der Waals surface area contributed by atoms with E-state index in [0.717, 1.165) is 28.2 Å². The molecule has 0 unspecified atom stereocenters. The Morgan fingerprint density at radius 1 is 0.964 bits per heavy atom. The van der Waals surface area contributed by atoms with Crippen molar-refractivity contribution in [3.63, 3.8) is 0 Å². The minimum absolute atomic E-state index is 0.369. The highest BCUT2D eigenvalue weighted by molar-refractivity contribution is 7.80. The summed E-state index contributed by atoms with van der Waals surface area (Å²) in [6, 6.07) is 20.9. The Kier molecular flexibility index (Phi) is 7.15. The molecular formula is C22H19Cl2NO2S. The average molecular weight is 432 g/mol. The quantitative estimate of drug-likeness (QED) is 0.461. The van der Waals surface area contributed by atoms with Crippen molar-refractivity contribution in [3.05, 3.63) is 93.5 Å². The maximum Gasteiger partial charge on any atom is 0.119 e. The van der Waals surface area contributed by atoms with Gasteiger partial charge in [0.2, 0.25) is 0 Å². The van der Waals surface area contributed by atoms with Gasteiger partial charge in [-0.2, -0.15) is 0 Å². The zero-order valence-electron chi connectivity index (χ0n) is 15.2. The molecule has 0 spiro atoms. The van der Waals surface area contributed by atoms with E-state index in [-0.39, 0.29) is 0 Å². The monoisotopic (exact) mass is 431 g/mol. The third-order valence-electron chi connectivity index (χ3n) is 4.11. The van der Waals surface area contributed by atoms with Gasteiger partial charge in [0.1, 0.15) is 23.1 Å². The van der Waals surface area contributed by atoms with Gasteiger partial charge in [-0.15, -0.1) is 0 Å². The maximum absolute atomic E-state index is 6.17. The predicted octanol–water partition coefficient (Wildman–Crippen LogP) is 6.05. The number of hydrogen-bond donors (Lipinski definition) is 1. The van der Waals surface area contributed by atoms with E-state index in [1.807, 2.05) is 54.6 Å². The van der Waals surface area contributed by atoms with Crippen LogP contribution < -0.4 is 14.8 Å². The summed E-state index contributed by atoms with van der Waals surface area (Å²) >= 11 is 17.6. The summed E-state index contributed by atoms with van der Waals surface area (Å²) in [5.41, 5.74) is 2.90. The number of thiocarbonyl (C=S) groups is 1. The van der Waals surface area contributed by atoms with Gasteiger partial charge in [0, 0.05) is 27.7 Å². The van der Waals surface area contributed by atoms with E-state index >= 15 is 0 Å². The van der Waals surface area contributed by atoms with E-state index < -0.39 is 0 Å². The second-order valence-corrected chi connectivity index (χ2v) is 7.33. The molecule has 3 aromatic carbocycles. The third kappa shape index (κ3) is 5.61. The summed E-state index contributed by atoms with van der Waals surface area (Å²) in [5.74, 6) is 1.57. The second-order valence-electron chi connectivity index (χ2n) is 6.08. The highest BCUT2D eigenvalue weighted by atomic mass is 35.5. The molecular weight excluding hydrogens is 413 g/mol. The topological polar surface area (TPSA) is 30.5 Å². The zero-order chi connectivity index (χ0) is 19.9. The van der Waals surface area contributed by atoms with E-state index in [1.165, 1.54) is 0 Å². The standard InChI is InChI=1S/C22H19Cl2NO2S/c1-26-20-4-2-3-15(11-20)13-25-22(28)16-6-9-19(10-7-16)27-14-17-5-8-18(23)12-21(17)24/h2-12H,13-14H2,1H3,(H,25,28). The smallest absolute Gasteiger partial charge is 0.119 e. The van der Waals surface area contributed by atoms with Crippen LogP contribution >= 0.6 is 35.4 Å². The van der Waals surface area contributed by atoms with Crippen LogP contribution in [0, 0.1) is 0 Å². The molecule has 0 saturated carbocycles. The van der Waals surface area contributed by atoms with Crippen molar-refractivity contribution < 1.29 is 9.47 Å². The first-order valence-corrected chi connectivity index (χ1v) is 9.79. The highest BCUT2D eigenvalue weighted by Crippen LogP contribution is 2.23. The van der Waals surface area contributed by atoms with Crippen molar-refractivity contribution in [2.75, 3.05) is 7.11 Å². The van der Waals surface area contributed by atoms with E-state index in [4.69, 9.17) is 44.9 Å². The molecule has 0 radical (unpaired) electrons. The summed E-state index contributed by atoms with van der Waals surface area (Å²) in [6.45, 7) is 0.997. The van der Waals surface area contributed by atoms with Gasteiger partial charge >= 0.3 is 0 Å². The lowest BCUT2D eigenvalue weighted by molar-refractivity contribution is 0.306. The molecule has 3 rings (SSSR count). The summed E-state index contributed by atoms with van der Waals surface area (Å²) in [5, 5.41) is 4.46. The molecule has 0 aromatic heterocycles. The van der Waals surface area contributed by atoms with Crippen LogP contribution in [0.2, 0.25) is 10.0 Å². The Balaban J connectivity index is 1.55. The van der Waals surface area contributed by atoms with Crippen molar-refractivity contribution in [1.29, 1.82) is 0 Å². The Labute approximate surface area is 180 Å². The lowest BCUT2D eigenvalue weighted by Crippen LogP contribution is -2.21. The van der Waals surface area contributed by atoms with Crippen LogP contribution in [-0.2, 0) is 13.2 Å². The molecule has 0 heterocycles. The van der Waals surface area contributed by atoms with E-state index in [1.54, 1.807) is 19.2 Å². The second kappa shape index (κ2) is 9.78. The summed E-state index contributed by atoms with van der Waals surface area (Å²) < 4.78 is 11.0. The number of methoxy groups -OCH3 is 1. The lowest BCUT2D eigenvalue weighted by atomic mass is 10.2. The van der Waals surface area contributed by atoms with Gasteiger partial charge in [-0.25, -0.2) is 0 Å². The van der Waals surface area contributed by atoms with E-state index in [9.17, 15) is 0 Å². The molecule has 0 aliphatic rings. The number of nitrogens with one attached hydrogen (secondary N) is 1. The Bertz CT molecular complexity index is 961. The molecule has 0 bridgehead atoms. The first-order chi connectivity index (χ1) is 13.5. The van der Waals surface area contributed by atoms with Crippen molar-refractivity contribution in [2.45, 2.75) is 13.2 Å². The molecule has 3 aromatic rings. The van der Waals surface area contributed by atoms with Gasteiger partial charge in [0.05, 0.1) is 7.11 Å². The van der Waals surface area contributed by atoms with Crippen LogP contribution in [0.3, 0.4) is 0 Å². The van der Waals surface area contributed by atoms with Crippen molar-refractivity contribution in [3.8, 4) is 11.5 Å². The summed E-state index contributed by atoms with van der Waals surface area (Å²) in [4.78, 5) is 0.676. The molecule has 3 nitrogen and oxygen atoms in total. The van der Waals surface area contributed by atoms with Crippen LogP contribution in [0.1, 0.15) is 16.7 Å². The fourth-order valence-corrected chi connectivity index (χ4v) is 3.24. The molecule has 6 heteroatoms. The van der Waals surface area contributed by atoms with Gasteiger partial charge in [-0.1, -0.05) is 53.6 Å². The third-order valence-corrected chi connectivity index (χ3v) is 5.08. The fourth-order valence-electron chi connectivity index (χ4n) is 2.57. The molecule has 0 amide bonds. The fraction of sp³-hybridized carbons (Fsp3) is 0.136. The number of hydrogen-bond acceptors (Lipinski definition) is 3. The minimum atomic E-state index is 0.369. The van der Waals surface area contributed by atoms with Gasteiger partial charge in [-0.05, 0) is 54.1 Å². The summed E-state index contributed by atoms with van der Waals surface area (Å²) in [6.07, 6.45) is 0. The molecule has 0 aliphatic heterocycles. The largest absolute Gasteiger partial charge is 0.497 e. The van der Waals surface area contributed by atoms with Crippen molar-refractivity contribution >= 4 is 40.4 Å². The number of ether oxygens (including phenoxy) is 2. The average Bonchev–Trinajstić information content (AvgIpc) is 2.72. The molecule has 0 atom stereocenters. The first-order valence-electron chi connectivity index (χ1n) is 8.63. The van der Waals surface area contributed by atoms with Gasteiger partial charge in [0.25, 0.3) is 0 Å².